The fourth-order valence-electron chi connectivity index (χ4n) is 3.76. The summed E-state index contributed by atoms with van der Waals surface area (Å²) < 4.78 is 4.85. The van der Waals surface area contributed by atoms with Crippen molar-refractivity contribution in [2.24, 2.45) is 5.92 Å². The van der Waals surface area contributed by atoms with Crippen LogP contribution in [0.4, 0.5) is 5.69 Å². The topological polar surface area (TPSA) is 116 Å². The molecule has 1 heterocycles. The van der Waals surface area contributed by atoms with Gasteiger partial charge in [0.1, 0.15) is 12.1 Å². The van der Waals surface area contributed by atoms with E-state index in [0.29, 0.717) is 37.0 Å². The highest BCUT2D eigenvalue weighted by molar-refractivity contribution is 6.18. The number of halogens is 2. The molecule has 3 N–H and O–H groups in total. The molecule has 36 heavy (non-hydrogen) atoms. The first-order valence-electron chi connectivity index (χ1n) is 11.9. The lowest BCUT2D eigenvalue weighted by Crippen LogP contribution is -2.53. The minimum absolute atomic E-state index is 0.113. The largest absolute Gasteiger partial charge is 0.467 e. The SMILES string of the molecule is COC(=O)[C@H](Cc1cnc[nH]1)NC(=O)[C@H](CC(C)C)NC(=O)Cc1ccc(N(CCCl)CCCl)cc1. The number of hydrogen-bond donors (Lipinski definition) is 3. The summed E-state index contributed by atoms with van der Waals surface area (Å²) in [5.74, 6) is -0.201. The number of hydrogen-bond acceptors (Lipinski definition) is 6. The van der Waals surface area contributed by atoms with Gasteiger partial charge in [0.05, 0.1) is 19.9 Å². The Morgan fingerprint density at radius 3 is 2.25 bits per heavy atom. The Hall–Kier alpha value is -2.78. The molecule has 0 unspecified atom stereocenters. The summed E-state index contributed by atoms with van der Waals surface area (Å²) in [6, 6.07) is 5.89. The molecule has 2 atom stereocenters. The third-order valence-electron chi connectivity index (χ3n) is 5.51. The molecule has 0 aliphatic carbocycles. The van der Waals surface area contributed by atoms with Crippen LogP contribution in [0.15, 0.2) is 36.8 Å². The number of alkyl halides is 2. The number of benzene rings is 1. The molecule has 9 nitrogen and oxygen atoms in total. The zero-order valence-corrected chi connectivity index (χ0v) is 22.4. The van der Waals surface area contributed by atoms with Gasteiger partial charge in [-0.25, -0.2) is 9.78 Å². The van der Waals surface area contributed by atoms with E-state index in [2.05, 4.69) is 25.5 Å². The maximum absolute atomic E-state index is 13.1. The smallest absolute Gasteiger partial charge is 0.328 e. The molecule has 0 saturated heterocycles. The number of aromatic nitrogens is 2. The van der Waals surface area contributed by atoms with E-state index in [1.165, 1.54) is 13.4 Å². The molecule has 0 spiro atoms. The van der Waals surface area contributed by atoms with Gasteiger partial charge in [-0.05, 0) is 30.0 Å². The number of aromatic amines is 1. The Labute approximate surface area is 222 Å². The zero-order valence-electron chi connectivity index (χ0n) is 20.9. The summed E-state index contributed by atoms with van der Waals surface area (Å²) in [4.78, 5) is 47.1. The van der Waals surface area contributed by atoms with Crippen LogP contribution in [0.3, 0.4) is 0 Å². The summed E-state index contributed by atoms with van der Waals surface area (Å²) in [5.41, 5.74) is 2.46. The molecule has 2 amide bonds. The quantitative estimate of drug-likeness (QED) is 0.236. The van der Waals surface area contributed by atoms with Crippen LogP contribution in [-0.4, -0.2) is 71.8 Å². The minimum atomic E-state index is -0.911. The Balaban J connectivity index is 2.04. The maximum atomic E-state index is 13.1. The first-order chi connectivity index (χ1) is 17.3. The predicted octanol–water partition coefficient (Wildman–Crippen LogP) is 2.67. The number of ether oxygens (including phenoxy) is 1. The van der Waals surface area contributed by atoms with Gasteiger partial charge in [0.25, 0.3) is 0 Å². The third kappa shape index (κ3) is 9.70. The number of carbonyl (C=O) groups is 3. The van der Waals surface area contributed by atoms with Gasteiger partial charge in [0, 0.05) is 48.8 Å². The molecule has 11 heteroatoms. The molecule has 1 aromatic carbocycles. The molecule has 0 saturated carbocycles. The van der Waals surface area contributed by atoms with Crippen molar-refractivity contribution < 1.29 is 19.1 Å². The van der Waals surface area contributed by atoms with Crippen LogP contribution in [-0.2, 0) is 32.0 Å². The van der Waals surface area contributed by atoms with Crippen molar-refractivity contribution in [3.05, 3.63) is 48.0 Å². The number of rotatable bonds is 15. The number of amides is 2. The molecule has 1 aromatic heterocycles. The summed E-state index contributed by atoms with van der Waals surface area (Å²) in [6.07, 6.45) is 3.79. The number of nitrogens with zero attached hydrogens (tertiary/aromatic N) is 2. The maximum Gasteiger partial charge on any atom is 0.328 e. The molecular weight excluding hydrogens is 505 g/mol. The van der Waals surface area contributed by atoms with Gasteiger partial charge in [-0.3, -0.25) is 9.59 Å². The Morgan fingerprint density at radius 2 is 1.72 bits per heavy atom. The van der Waals surface area contributed by atoms with E-state index in [0.717, 1.165) is 11.3 Å². The van der Waals surface area contributed by atoms with Crippen molar-refractivity contribution >= 4 is 46.7 Å². The number of imidazole rings is 1. The van der Waals surface area contributed by atoms with Crippen molar-refractivity contribution in [3.8, 4) is 0 Å². The first-order valence-corrected chi connectivity index (χ1v) is 12.9. The number of esters is 1. The predicted molar refractivity (Wildman–Crippen MR) is 141 cm³/mol. The highest BCUT2D eigenvalue weighted by atomic mass is 35.5. The Morgan fingerprint density at radius 1 is 1.06 bits per heavy atom. The van der Waals surface area contributed by atoms with Crippen molar-refractivity contribution in [2.75, 3.05) is 36.9 Å². The number of carbonyl (C=O) groups excluding carboxylic acids is 3. The van der Waals surface area contributed by atoms with Crippen LogP contribution < -0.4 is 15.5 Å². The first kappa shape index (κ1) is 29.5. The molecule has 198 valence electrons. The Bertz CT molecular complexity index is 948. The van der Waals surface area contributed by atoms with Crippen molar-refractivity contribution in [1.29, 1.82) is 0 Å². The van der Waals surface area contributed by atoms with E-state index >= 15 is 0 Å². The number of methoxy groups -OCH3 is 1. The molecule has 0 bridgehead atoms. The molecule has 2 aromatic rings. The van der Waals surface area contributed by atoms with Gasteiger partial charge >= 0.3 is 5.97 Å². The van der Waals surface area contributed by atoms with E-state index in [-0.39, 0.29) is 24.7 Å². The second-order valence-electron chi connectivity index (χ2n) is 8.82. The van der Waals surface area contributed by atoms with Crippen molar-refractivity contribution in [2.45, 2.75) is 45.2 Å². The highest BCUT2D eigenvalue weighted by Crippen LogP contribution is 2.16. The molecule has 2 rings (SSSR count). The normalized spacial score (nSPS) is 12.6. The molecule has 0 aliphatic rings. The standard InChI is InChI=1S/C25H35Cl2N5O4/c1-17(2)12-21(24(34)31-22(25(35)36-3)14-19-15-28-16-29-19)30-23(33)13-18-4-6-20(7-5-18)32(10-8-26)11-9-27/h4-7,15-17,21-22H,8-14H2,1-3H3,(H,28,29)(H,30,33)(H,31,34)/t21-,22-/m0/s1. The minimum Gasteiger partial charge on any atom is -0.467 e. The van der Waals surface area contributed by atoms with E-state index in [1.807, 2.05) is 38.1 Å². The second kappa shape index (κ2) is 15.4. The van der Waals surface area contributed by atoms with E-state index in [1.54, 1.807) is 6.20 Å². The highest BCUT2D eigenvalue weighted by Gasteiger charge is 2.28. The summed E-state index contributed by atoms with van der Waals surface area (Å²) in [5, 5.41) is 5.55. The average Bonchev–Trinajstić information content (AvgIpc) is 3.36. The monoisotopic (exact) mass is 539 g/mol. The van der Waals surface area contributed by atoms with E-state index in [4.69, 9.17) is 27.9 Å². The third-order valence-corrected chi connectivity index (χ3v) is 5.85. The van der Waals surface area contributed by atoms with Crippen LogP contribution in [0.2, 0.25) is 0 Å². The van der Waals surface area contributed by atoms with Crippen LogP contribution in [0, 0.1) is 5.92 Å². The fourth-order valence-corrected chi connectivity index (χ4v) is 4.16. The van der Waals surface area contributed by atoms with Crippen LogP contribution in [0.25, 0.3) is 0 Å². The lowest BCUT2D eigenvalue weighted by atomic mass is 10.0. The molecular formula is C25H35Cl2N5O4. The number of anilines is 1. The molecule has 0 radical (unpaired) electrons. The summed E-state index contributed by atoms with van der Waals surface area (Å²) in [6.45, 7) is 5.27. The van der Waals surface area contributed by atoms with Crippen LogP contribution in [0.1, 0.15) is 31.5 Å². The number of nitrogens with one attached hydrogen (secondary N) is 3. The van der Waals surface area contributed by atoms with Gasteiger partial charge < -0.3 is 25.3 Å². The second-order valence-corrected chi connectivity index (χ2v) is 9.58. The van der Waals surface area contributed by atoms with Crippen LogP contribution >= 0.6 is 23.2 Å². The van der Waals surface area contributed by atoms with E-state index in [9.17, 15) is 14.4 Å². The van der Waals surface area contributed by atoms with Gasteiger partial charge in [-0.2, -0.15) is 0 Å². The van der Waals surface area contributed by atoms with Crippen LogP contribution in [0.5, 0.6) is 0 Å². The summed E-state index contributed by atoms with van der Waals surface area (Å²) >= 11 is 11.8. The lowest BCUT2D eigenvalue weighted by Gasteiger charge is -2.24. The zero-order chi connectivity index (χ0) is 26.5. The molecule has 0 fully saturated rings. The van der Waals surface area contributed by atoms with Gasteiger partial charge in [0.15, 0.2) is 0 Å². The van der Waals surface area contributed by atoms with Gasteiger partial charge in [0.2, 0.25) is 11.8 Å². The number of H-pyrrole nitrogens is 1. The van der Waals surface area contributed by atoms with Crippen molar-refractivity contribution in [3.63, 3.8) is 0 Å². The van der Waals surface area contributed by atoms with Crippen molar-refractivity contribution in [1.82, 2.24) is 20.6 Å². The van der Waals surface area contributed by atoms with Gasteiger partial charge in [-0.15, -0.1) is 23.2 Å². The molecule has 0 aliphatic heterocycles. The van der Waals surface area contributed by atoms with Gasteiger partial charge in [-0.1, -0.05) is 26.0 Å². The Kier molecular flexibility index (Phi) is 12.6. The fraction of sp³-hybridized carbons (Fsp3) is 0.520. The average molecular weight is 540 g/mol. The lowest BCUT2D eigenvalue weighted by molar-refractivity contribution is -0.145. The van der Waals surface area contributed by atoms with E-state index < -0.39 is 24.0 Å². The summed E-state index contributed by atoms with van der Waals surface area (Å²) in [7, 11) is 1.26.